The van der Waals surface area contributed by atoms with Crippen molar-refractivity contribution in [1.82, 2.24) is 0 Å². The molecule has 0 unspecified atom stereocenters. The molecule has 0 N–H and O–H groups in total. The van der Waals surface area contributed by atoms with Gasteiger partial charge in [0.2, 0.25) is 0 Å². The molecule has 0 aliphatic rings. The molecule has 1 radical (unpaired) electrons. The Bertz CT molecular complexity index is 24.6. The molecule has 0 spiro atoms. The Balaban J connectivity index is 0. The molecule has 0 aliphatic heterocycles. The van der Waals surface area contributed by atoms with Gasteiger partial charge < -0.3 is 0 Å². The van der Waals surface area contributed by atoms with E-state index in [1.165, 1.54) is 0 Å². The van der Waals surface area contributed by atoms with E-state index < -0.39 is 0 Å². The molecule has 0 aromatic carbocycles. The van der Waals surface area contributed by atoms with Crippen molar-refractivity contribution in [1.29, 1.82) is 0 Å². The average molecular weight is 206 g/mol. The van der Waals surface area contributed by atoms with E-state index in [0.717, 1.165) is 0 Å². The monoisotopic (exact) mass is 207 g/mol. The van der Waals surface area contributed by atoms with Crippen molar-refractivity contribution in [2.45, 2.75) is 0 Å². The SMILES string of the molecule is C=CC=C.[Eu]. The van der Waals surface area contributed by atoms with Crippen LogP contribution in [0.3, 0.4) is 0 Å². The Morgan fingerprint density at radius 3 is 1.20 bits per heavy atom. The molecule has 29 valence electrons. The quantitative estimate of drug-likeness (QED) is 0.568. The van der Waals surface area contributed by atoms with E-state index in [0.29, 0.717) is 0 Å². The largest absolute Gasteiger partial charge is 0.0991 e. The number of allylic oxidation sites excluding steroid dienone is 2. The van der Waals surface area contributed by atoms with Gasteiger partial charge >= 0.3 is 0 Å². The molecule has 0 aromatic rings. The van der Waals surface area contributed by atoms with Crippen LogP contribution < -0.4 is 0 Å². The van der Waals surface area contributed by atoms with Gasteiger partial charge in [-0.3, -0.25) is 0 Å². The maximum Gasteiger partial charge on any atom is 0 e. The van der Waals surface area contributed by atoms with Gasteiger partial charge in [0.25, 0.3) is 0 Å². The van der Waals surface area contributed by atoms with Crippen molar-refractivity contribution >= 4 is 0 Å². The first-order valence-corrected chi connectivity index (χ1v) is 1.15. The zero-order valence-corrected chi connectivity index (χ0v) is 5.37. The van der Waals surface area contributed by atoms with Gasteiger partial charge in [-0.1, -0.05) is 25.3 Å². The van der Waals surface area contributed by atoms with Crippen LogP contribution in [-0.2, 0) is 0 Å². The third-order valence-electron chi connectivity index (χ3n) is 0.167. The summed E-state index contributed by atoms with van der Waals surface area (Å²) in [5.41, 5.74) is 0. The van der Waals surface area contributed by atoms with E-state index in [-0.39, 0.29) is 49.4 Å². The summed E-state index contributed by atoms with van der Waals surface area (Å²) in [5, 5.41) is 0. The maximum atomic E-state index is 3.36. The van der Waals surface area contributed by atoms with E-state index in [1.54, 1.807) is 12.2 Å². The van der Waals surface area contributed by atoms with Crippen molar-refractivity contribution in [2.24, 2.45) is 0 Å². The summed E-state index contributed by atoms with van der Waals surface area (Å²) < 4.78 is 0. The Morgan fingerprint density at radius 1 is 1.00 bits per heavy atom. The van der Waals surface area contributed by atoms with Crippen LogP contribution in [0.1, 0.15) is 0 Å². The summed E-state index contributed by atoms with van der Waals surface area (Å²) in [5.74, 6) is 0. The molecule has 0 heterocycles. The van der Waals surface area contributed by atoms with Crippen molar-refractivity contribution in [3.8, 4) is 0 Å². The molecule has 0 fully saturated rings. The molecule has 0 saturated heterocycles. The van der Waals surface area contributed by atoms with Crippen LogP contribution in [0.15, 0.2) is 25.3 Å². The fraction of sp³-hybridized carbons (Fsp3) is 0. The summed E-state index contributed by atoms with van der Waals surface area (Å²) in [6, 6.07) is 0. The average Bonchev–Trinajstić information content (AvgIpc) is 1.37. The van der Waals surface area contributed by atoms with Crippen molar-refractivity contribution < 1.29 is 49.4 Å². The topological polar surface area (TPSA) is 0 Å². The molecule has 0 amide bonds. The van der Waals surface area contributed by atoms with Crippen LogP contribution in [0.2, 0.25) is 0 Å². The first-order chi connectivity index (χ1) is 1.91. The number of hydrogen-bond donors (Lipinski definition) is 0. The van der Waals surface area contributed by atoms with Crippen molar-refractivity contribution in [3.63, 3.8) is 0 Å². The van der Waals surface area contributed by atoms with Gasteiger partial charge in [0, 0.05) is 49.4 Å². The van der Waals surface area contributed by atoms with Crippen LogP contribution in [0.4, 0.5) is 0 Å². The molecule has 0 nitrogen and oxygen atoms in total. The van der Waals surface area contributed by atoms with E-state index in [4.69, 9.17) is 0 Å². The van der Waals surface area contributed by atoms with E-state index in [1.807, 2.05) is 0 Å². The van der Waals surface area contributed by atoms with Crippen LogP contribution >= 0.6 is 0 Å². The number of hydrogen-bond acceptors (Lipinski definition) is 0. The zero-order chi connectivity index (χ0) is 3.41. The van der Waals surface area contributed by atoms with Gasteiger partial charge in [-0.2, -0.15) is 0 Å². The van der Waals surface area contributed by atoms with Crippen LogP contribution in [-0.4, -0.2) is 0 Å². The van der Waals surface area contributed by atoms with Crippen molar-refractivity contribution in [3.05, 3.63) is 25.3 Å². The molecular formula is C4H6Eu. The summed E-state index contributed by atoms with van der Waals surface area (Å²) in [4.78, 5) is 0. The summed E-state index contributed by atoms with van der Waals surface area (Å²) in [7, 11) is 0. The van der Waals surface area contributed by atoms with Gasteiger partial charge in [-0.15, -0.1) is 0 Å². The first kappa shape index (κ1) is 9.42. The van der Waals surface area contributed by atoms with E-state index in [9.17, 15) is 0 Å². The second-order valence-corrected chi connectivity index (χ2v) is 0.471. The van der Waals surface area contributed by atoms with E-state index >= 15 is 0 Å². The summed E-state index contributed by atoms with van der Waals surface area (Å²) in [6.45, 7) is 6.72. The zero-order valence-electron chi connectivity index (χ0n) is 2.95. The Hall–Kier alpha value is 1.06. The van der Waals surface area contributed by atoms with Crippen LogP contribution in [0.5, 0.6) is 0 Å². The molecule has 0 rings (SSSR count). The van der Waals surface area contributed by atoms with Gasteiger partial charge in [-0.25, -0.2) is 0 Å². The van der Waals surface area contributed by atoms with Gasteiger partial charge in [0.15, 0.2) is 0 Å². The Kier molecular flexibility index (Phi) is 16.8. The van der Waals surface area contributed by atoms with Crippen molar-refractivity contribution in [2.75, 3.05) is 0 Å². The number of rotatable bonds is 1. The first-order valence-electron chi connectivity index (χ1n) is 1.15. The minimum absolute atomic E-state index is 0. The standard InChI is InChI=1S/C4H6.Eu/c1-3-4-2;/h3-4H,1-2H2;. The summed E-state index contributed by atoms with van der Waals surface area (Å²) in [6.07, 6.45) is 3.28. The normalized spacial score (nSPS) is 4.00. The minimum atomic E-state index is 0. The molecule has 0 saturated carbocycles. The maximum absolute atomic E-state index is 3.36. The predicted molar refractivity (Wildman–Crippen MR) is 20.4 cm³/mol. The minimum Gasteiger partial charge on any atom is -0.0991 e. The predicted octanol–water partition coefficient (Wildman–Crippen LogP) is 1.36. The third-order valence-corrected chi connectivity index (χ3v) is 0.167. The Labute approximate surface area is 73.5 Å². The second kappa shape index (κ2) is 8.91. The van der Waals surface area contributed by atoms with Crippen LogP contribution in [0.25, 0.3) is 0 Å². The molecule has 0 aromatic heterocycles. The molecule has 0 atom stereocenters. The molecule has 5 heavy (non-hydrogen) atoms. The van der Waals surface area contributed by atoms with Gasteiger partial charge in [0.05, 0.1) is 0 Å². The molecular weight excluding hydrogens is 200 g/mol. The van der Waals surface area contributed by atoms with Gasteiger partial charge in [0.1, 0.15) is 0 Å². The second-order valence-electron chi connectivity index (χ2n) is 0.471. The van der Waals surface area contributed by atoms with Crippen LogP contribution in [0, 0.1) is 49.4 Å². The fourth-order valence-corrected chi connectivity index (χ4v) is 0. The van der Waals surface area contributed by atoms with Gasteiger partial charge in [-0.05, 0) is 0 Å². The molecule has 0 bridgehead atoms. The summed E-state index contributed by atoms with van der Waals surface area (Å²) >= 11 is 0. The molecule has 0 aliphatic carbocycles. The van der Waals surface area contributed by atoms with E-state index in [2.05, 4.69) is 13.2 Å². The third kappa shape index (κ3) is 11.2. The fourth-order valence-electron chi connectivity index (χ4n) is 0. The smallest absolute Gasteiger partial charge is 0 e. The molecule has 1 heteroatoms. The Morgan fingerprint density at radius 2 is 1.20 bits per heavy atom.